The summed E-state index contributed by atoms with van der Waals surface area (Å²) in [6, 6.07) is 10.9. The van der Waals surface area contributed by atoms with Crippen molar-refractivity contribution in [1.29, 1.82) is 0 Å². The van der Waals surface area contributed by atoms with Crippen molar-refractivity contribution in [2.75, 3.05) is 0 Å². The molecule has 1 aromatic heterocycles. The minimum Gasteiger partial charge on any atom is -0.507 e. The Bertz CT molecular complexity index is 1120. The molecule has 158 valence electrons. The smallest absolute Gasteiger partial charge is 0.238 e. The average Bonchev–Trinajstić information content (AvgIpc) is 2.73. The molecule has 5 unspecified atom stereocenters. The first-order valence-corrected chi connectivity index (χ1v) is 9.22. The third-order valence-electron chi connectivity index (χ3n) is 5.02. The topological polar surface area (TPSA) is 150 Å². The van der Waals surface area contributed by atoms with Crippen LogP contribution in [-0.4, -0.2) is 56.2 Å². The zero-order chi connectivity index (χ0) is 21.6. The van der Waals surface area contributed by atoms with Crippen LogP contribution in [0.1, 0.15) is 6.92 Å². The van der Waals surface area contributed by atoms with Gasteiger partial charge in [-0.2, -0.15) is 0 Å². The Morgan fingerprint density at radius 2 is 1.67 bits per heavy atom. The number of aliphatic hydroxyl groups is 3. The molecule has 2 heterocycles. The molecule has 0 aliphatic carbocycles. The Labute approximate surface area is 170 Å². The van der Waals surface area contributed by atoms with E-state index < -0.39 is 47.6 Å². The fourth-order valence-electron chi connectivity index (χ4n) is 3.36. The van der Waals surface area contributed by atoms with Crippen LogP contribution in [0.15, 0.2) is 51.7 Å². The van der Waals surface area contributed by atoms with Crippen LogP contribution in [0.2, 0.25) is 0 Å². The van der Waals surface area contributed by atoms with E-state index in [1.165, 1.54) is 13.0 Å². The molecule has 5 atom stereocenters. The van der Waals surface area contributed by atoms with Crippen LogP contribution < -0.4 is 10.2 Å². The van der Waals surface area contributed by atoms with Gasteiger partial charge in [0, 0.05) is 17.7 Å². The van der Waals surface area contributed by atoms with Crippen molar-refractivity contribution in [3.05, 3.63) is 52.7 Å². The van der Waals surface area contributed by atoms with Crippen molar-refractivity contribution in [3.63, 3.8) is 0 Å². The number of hydrogen-bond donors (Lipinski definition) is 5. The number of hydrogen-bond acceptors (Lipinski definition) is 9. The fraction of sp³-hybridized carbons (Fsp3) is 0.286. The van der Waals surface area contributed by atoms with Crippen LogP contribution in [0.4, 0.5) is 0 Å². The number of phenols is 1. The quantitative estimate of drug-likeness (QED) is 0.423. The third kappa shape index (κ3) is 3.37. The normalized spacial score (nSPS) is 26.6. The summed E-state index contributed by atoms with van der Waals surface area (Å²) < 4.78 is 16.6. The molecule has 30 heavy (non-hydrogen) atoms. The lowest BCUT2D eigenvalue weighted by Gasteiger charge is -2.38. The van der Waals surface area contributed by atoms with Crippen molar-refractivity contribution in [3.8, 4) is 28.6 Å². The molecule has 0 spiro atoms. The van der Waals surface area contributed by atoms with Gasteiger partial charge in [-0.15, -0.1) is 0 Å². The predicted octanol–water partition coefficient (Wildman–Crippen LogP) is 1.08. The maximum Gasteiger partial charge on any atom is 0.238 e. The summed E-state index contributed by atoms with van der Waals surface area (Å²) in [6.45, 7) is 1.50. The fourth-order valence-corrected chi connectivity index (χ4v) is 3.36. The Morgan fingerprint density at radius 1 is 0.967 bits per heavy atom. The van der Waals surface area contributed by atoms with Crippen molar-refractivity contribution in [2.45, 2.75) is 37.6 Å². The predicted molar refractivity (Wildman–Crippen MR) is 104 cm³/mol. The second kappa shape index (κ2) is 7.62. The van der Waals surface area contributed by atoms with Gasteiger partial charge in [0.25, 0.3) is 0 Å². The first kappa shape index (κ1) is 20.2. The van der Waals surface area contributed by atoms with Gasteiger partial charge in [0.05, 0.1) is 6.10 Å². The van der Waals surface area contributed by atoms with E-state index in [1.807, 2.05) is 0 Å². The zero-order valence-electron chi connectivity index (χ0n) is 15.8. The molecule has 0 bridgehead atoms. The minimum absolute atomic E-state index is 0.0207. The van der Waals surface area contributed by atoms with Crippen molar-refractivity contribution in [1.82, 2.24) is 0 Å². The summed E-state index contributed by atoms with van der Waals surface area (Å²) in [7, 11) is 0. The maximum absolute atomic E-state index is 12.6. The molecule has 3 aromatic rings. The first-order valence-electron chi connectivity index (χ1n) is 9.22. The number of ether oxygens (including phenoxy) is 2. The van der Waals surface area contributed by atoms with Gasteiger partial charge in [-0.25, -0.2) is 0 Å². The van der Waals surface area contributed by atoms with Crippen LogP contribution in [0.5, 0.6) is 17.2 Å². The Balaban J connectivity index is 1.76. The zero-order valence-corrected chi connectivity index (χ0v) is 15.8. The highest BCUT2D eigenvalue weighted by atomic mass is 16.7. The SMILES string of the molecule is CC1OC(Oc2cc(O)c3c(=O)c(O)c(-c4ccccc4)oc3c2)C(O)C(O)C1O. The number of rotatable bonds is 3. The van der Waals surface area contributed by atoms with E-state index in [4.69, 9.17) is 13.9 Å². The monoisotopic (exact) mass is 416 g/mol. The largest absolute Gasteiger partial charge is 0.507 e. The summed E-state index contributed by atoms with van der Waals surface area (Å²) in [5.41, 5.74) is -0.428. The third-order valence-corrected chi connectivity index (χ3v) is 5.02. The lowest BCUT2D eigenvalue weighted by molar-refractivity contribution is -0.268. The summed E-state index contributed by atoms with van der Waals surface area (Å²) in [5, 5.41) is 50.2. The number of benzene rings is 2. The summed E-state index contributed by atoms with van der Waals surface area (Å²) in [5.74, 6) is -1.25. The molecule has 1 saturated heterocycles. The van der Waals surface area contributed by atoms with Gasteiger partial charge in [0.1, 0.15) is 40.8 Å². The Kier molecular flexibility index (Phi) is 5.12. The molecule has 9 heteroatoms. The van der Waals surface area contributed by atoms with E-state index in [9.17, 15) is 30.3 Å². The lowest BCUT2D eigenvalue weighted by atomic mass is 10.00. The molecule has 0 saturated carbocycles. The molecule has 1 fully saturated rings. The second-order valence-electron chi connectivity index (χ2n) is 7.09. The van der Waals surface area contributed by atoms with Gasteiger partial charge < -0.3 is 39.4 Å². The number of aliphatic hydroxyl groups excluding tert-OH is 3. The molecule has 1 aliphatic rings. The molecule has 4 rings (SSSR count). The molecular weight excluding hydrogens is 396 g/mol. The molecule has 0 radical (unpaired) electrons. The minimum atomic E-state index is -1.55. The molecule has 2 aromatic carbocycles. The highest BCUT2D eigenvalue weighted by Gasteiger charge is 2.43. The van der Waals surface area contributed by atoms with Gasteiger partial charge in [0.2, 0.25) is 17.5 Å². The van der Waals surface area contributed by atoms with Gasteiger partial charge in [-0.3, -0.25) is 4.79 Å². The van der Waals surface area contributed by atoms with E-state index >= 15 is 0 Å². The molecular formula is C21H20O9. The second-order valence-corrected chi connectivity index (χ2v) is 7.09. The van der Waals surface area contributed by atoms with Gasteiger partial charge in [0.15, 0.2) is 5.76 Å². The van der Waals surface area contributed by atoms with Crippen LogP contribution in [-0.2, 0) is 4.74 Å². The van der Waals surface area contributed by atoms with E-state index in [2.05, 4.69) is 0 Å². The maximum atomic E-state index is 12.6. The van der Waals surface area contributed by atoms with Crippen LogP contribution in [0, 0.1) is 0 Å². The molecule has 1 aliphatic heterocycles. The average molecular weight is 416 g/mol. The highest BCUT2D eigenvalue weighted by Crippen LogP contribution is 2.36. The van der Waals surface area contributed by atoms with Crippen molar-refractivity contribution in [2.24, 2.45) is 0 Å². The van der Waals surface area contributed by atoms with Gasteiger partial charge >= 0.3 is 0 Å². The Hall–Kier alpha value is -3.11. The molecule has 0 amide bonds. The van der Waals surface area contributed by atoms with E-state index in [1.54, 1.807) is 30.3 Å². The molecule has 9 nitrogen and oxygen atoms in total. The van der Waals surface area contributed by atoms with Crippen molar-refractivity contribution >= 4 is 11.0 Å². The summed E-state index contributed by atoms with van der Waals surface area (Å²) >= 11 is 0. The van der Waals surface area contributed by atoms with Gasteiger partial charge in [-0.05, 0) is 6.92 Å². The standard InChI is InChI=1S/C21H20O9/c1-9-15(23)17(25)19(27)21(28-9)29-11-7-12(22)14-13(8-11)30-20(18(26)16(14)24)10-5-3-2-4-6-10/h2-9,15,17,19,21-23,25-27H,1H3. The summed E-state index contributed by atoms with van der Waals surface area (Å²) in [6.07, 6.45) is -6.50. The first-order chi connectivity index (χ1) is 14.3. The van der Waals surface area contributed by atoms with Gasteiger partial charge in [-0.1, -0.05) is 30.3 Å². The Morgan fingerprint density at radius 3 is 2.37 bits per heavy atom. The van der Waals surface area contributed by atoms with Crippen LogP contribution >= 0.6 is 0 Å². The number of phenolic OH excluding ortho intramolecular Hbond substituents is 1. The van der Waals surface area contributed by atoms with E-state index in [0.29, 0.717) is 5.56 Å². The molecule has 5 N–H and O–H groups in total. The number of fused-ring (bicyclic) bond motifs is 1. The van der Waals surface area contributed by atoms with E-state index in [-0.39, 0.29) is 22.5 Å². The van der Waals surface area contributed by atoms with E-state index in [0.717, 1.165) is 6.07 Å². The lowest BCUT2D eigenvalue weighted by Crippen LogP contribution is -2.58. The highest BCUT2D eigenvalue weighted by molar-refractivity contribution is 5.88. The van der Waals surface area contributed by atoms with Crippen LogP contribution in [0.3, 0.4) is 0 Å². The number of aromatic hydroxyl groups is 2. The summed E-state index contributed by atoms with van der Waals surface area (Å²) in [4.78, 5) is 12.6. The van der Waals surface area contributed by atoms with Crippen LogP contribution in [0.25, 0.3) is 22.3 Å². The van der Waals surface area contributed by atoms with Crippen molar-refractivity contribution < 1.29 is 39.4 Å².